The van der Waals surface area contributed by atoms with Crippen molar-refractivity contribution in [1.29, 1.82) is 0 Å². The lowest BCUT2D eigenvalue weighted by atomic mass is 9.90. The molecule has 24 heavy (non-hydrogen) atoms. The summed E-state index contributed by atoms with van der Waals surface area (Å²) in [5, 5.41) is 0. The minimum absolute atomic E-state index is 0.112. The van der Waals surface area contributed by atoms with E-state index in [9.17, 15) is 0 Å². The van der Waals surface area contributed by atoms with Gasteiger partial charge in [-0.05, 0) is 69.4 Å². The van der Waals surface area contributed by atoms with Gasteiger partial charge >= 0.3 is 0 Å². The van der Waals surface area contributed by atoms with E-state index in [1.165, 1.54) is 11.1 Å². The monoisotopic (exact) mass is 324 g/mol. The smallest absolute Gasteiger partial charge is 0.104 e. The molecule has 0 aromatic carbocycles. The van der Waals surface area contributed by atoms with Crippen molar-refractivity contribution in [3.63, 3.8) is 0 Å². The zero-order valence-electron chi connectivity index (χ0n) is 15.1. The molecule has 0 aliphatic heterocycles. The molecule has 0 radical (unpaired) electrons. The molecule has 0 fully saturated rings. The minimum Gasteiger partial charge on any atom is -0.492 e. The predicted octanol–water partition coefficient (Wildman–Crippen LogP) is 6.26. The summed E-state index contributed by atoms with van der Waals surface area (Å²) >= 11 is 0. The molecule has 0 N–H and O–H groups in total. The van der Waals surface area contributed by atoms with Crippen LogP contribution < -0.4 is 0 Å². The van der Waals surface area contributed by atoms with Crippen LogP contribution >= 0.6 is 0 Å². The summed E-state index contributed by atoms with van der Waals surface area (Å²) in [6.45, 7) is 6.29. The van der Waals surface area contributed by atoms with E-state index in [0.717, 1.165) is 55.8 Å². The highest BCUT2D eigenvalue weighted by Gasteiger charge is 2.18. The third-order valence-electron chi connectivity index (χ3n) is 4.31. The Hall–Kier alpha value is -1.96. The maximum atomic E-state index is 6.01. The van der Waals surface area contributed by atoms with Crippen molar-refractivity contribution in [2.24, 2.45) is 0 Å². The number of allylic oxidation sites excluding steroid dienone is 12. The first kappa shape index (κ1) is 16.9. The highest BCUT2D eigenvalue weighted by atomic mass is 16.5. The van der Waals surface area contributed by atoms with Crippen LogP contribution in [0, 0.1) is 0 Å². The Morgan fingerprint density at radius 3 is 1.83 bits per heavy atom. The summed E-state index contributed by atoms with van der Waals surface area (Å²) in [5.41, 5.74) is 2.76. The van der Waals surface area contributed by atoms with Crippen molar-refractivity contribution in [3.8, 4) is 0 Å². The molecular formula is C22H28O2. The highest BCUT2D eigenvalue weighted by molar-refractivity contribution is 5.41. The SMILES string of the molecule is CC(C)(C)OC1=CC=C(C2=CC=C(OC3=CC=CCC3)CC2)CC1. The van der Waals surface area contributed by atoms with Gasteiger partial charge < -0.3 is 9.47 Å². The Morgan fingerprint density at radius 1 is 0.708 bits per heavy atom. The van der Waals surface area contributed by atoms with Crippen molar-refractivity contribution < 1.29 is 9.47 Å². The van der Waals surface area contributed by atoms with Crippen molar-refractivity contribution >= 4 is 0 Å². The van der Waals surface area contributed by atoms with Gasteiger partial charge in [0.15, 0.2) is 0 Å². The molecule has 0 heterocycles. The highest BCUT2D eigenvalue weighted by Crippen LogP contribution is 2.33. The minimum atomic E-state index is -0.112. The molecular weight excluding hydrogens is 296 g/mol. The average Bonchev–Trinajstić information content (AvgIpc) is 2.56. The summed E-state index contributed by atoms with van der Waals surface area (Å²) in [5.74, 6) is 3.27. The second-order valence-corrected chi connectivity index (χ2v) is 7.57. The molecule has 0 saturated heterocycles. The van der Waals surface area contributed by atoms with Gasteiger partial charge in [0.05, 0.1) is 5.76 Å². The first-order chi connectivity index (χ1) is 11.5. The lowest BCUT2D eigenvalue weighted by Crippen LogP contribution is -2.19. The van der Waals surface area contributed by atoms with Crippen LogP contribution in [-0.2, 0) is 9.47 Å². The Morgan fingerprint density at radius 2 is 1.33 bits per heavy atom. The maximum absolute atomic E-state index is 6.01. The Labute approximate surface area is 145 Å². The molecule has 0 aromatic heterocycles. The zero-order valence-corrected chi connectivity index (χ0v) is 15.1. The van der Waals surface area contributed by atoms with Crippen LogP contribution in [0.25, 0.3) is 0 Å². The fourth-order valence-corrected chi connectivity index (χ4v) is 3.17. The standard InChI is InChI=1S/C22H28O2/c1-22(2,3)24-21-15-11-18(12-16-21)17-9-13-20(14-10-17)23-19-7-5-4-6-8-19/h4-5,7,9,11,13,15H,6,8,10,12,14,16H2,1-3H3. The Balaban J connectivity index is 1.62. The van der Waals surface area contributed by atoms with Crippen LogP contribution in [0.2, 0.25) is 0 Å². The van der Waals surface area contributed by atoms with Crippen LogP contribution in [0.1, 0.15) is 59.3 Å². The molecule has 0 spiro atoms. The number of rotatable bonds is 4. The number of hydrogen-bond acceptors (Lipinski definition) is 2. The zero-order chi connectivity index (χ0) is 17.0. The van der Waals surface area contributed by atoms with Crippen LogP contribution in [-0.4, -0.2) is 5.60 Å². The third kappa shape index (κ3) is 4.77. The number of hydrogen-bond donors (Lipinski definition) is 0. The molecule has 0 aromatic rings. The molecule has 0 atom stereocenters. The van der Waals surface area contributed by atoms with Gasteiger partial charge in [0.25, 0.3) is 0 Å². The van der Waals surface area contributed by atoms with Crippen LogP contribution in [0.5, 0.6) is 0 Å². The summed E-state index contributed by atoms with van der Waals surface area (Å²) in [4.78, 5) is 0. The van der Waals surface area contributed by atoms with Gasteiger partial charge in [-0.2, -0.15) is 0 Å². The van der Waals surface area contributed by atoms with E-state index < -0.39 is 0 Å². The fourth-order valence-electron chi connectivity index (χ4n) is 3.17. The van der Waals surface area contributed by atoms with E-state index in [0.29, 0.717) is 0 Å². The van der Waals surface area contributed by atoms with Crippen LogP contribution in [0.4, 0.5) is 0 Å². The van der Waals surface area contributed by atoms with E-state index >= 15 is 0 Å². The second-order valence-electron chi connectivity index (χ2n) is 7.57. The van der Waals surface area contributed by atoms with Crippen molar-refractivity contribution in [2.75, 3.05) is 0 Å². The van der Waals surface area contributed by atoms with Gasteiger partial charge in [-0.15, -0.1) is 0 Å². The Kier molecular flexibility index (Phi) is 5.13. The molecule has 3 aliphatic rings. The summed E-state index contributed by atoms with van der Waals surface area (Å²) < 4.78 is 12.0. The summed E-state index contributed by atoms with van der Waals surface area (Å²) in [6.07, 6.45) is 21.3. The van der Waals surface area contributed by atoms with Gasteiger partial charge in [-0.1, -0.05) is 24.3 Å². The topological polar surface area (TPSA) is 18.5 Å². The van der Waals surface area contributed by atoms with Gasteiger partial charge in [0.1, 0.15) is 17.1 Å². The average molecular weight is 324 g/mol. The largest absolute Gasteiger partial charge is 0.492 e. The quantitative estimate of drug-likeness (QED) is 0.607. The van der Waals surface area contributed by atoms with Crippen molar-refractivity contribution in [3.05, 3.63) is 71.0 Å². The van der Waals surface area contributed by atoms with E-state index in [2.05, 4.69) is 63.3 Å². The lowest BCUT2D eigenvalue weighted by Gasteiger charge is -2.26. The first-order valence-electron chi connectivity index (χ1n) is 9.02. The molecule has 0 unspecified atom stereocenters. The van der Waals surface area contributed by atoms with E-state index in [-0.39, 0.29) is 5.60 Å². The van der Waals surface area contributed by atoms with E-state index in [1.807, 2.05) is 0 Å². The molecule has 128 valence electrons. The van der Waals surface area contributed by atoms with Crippen LogP contribution in [0.15, 0.2) is 71.0 Å². The molecule has 3 rings (SSSR count). The molecule has 2 heteroatoms. The van der Waals surface area contributed by atoms with Crippen LogP contribution in [0.3, 0.4) is 0 Å². The fraction of sp³-hybridized carbons (Fsp3) is 0.455. The Bertz CT molecular complexity index is 661. The molecule has 3 aliphatic carbocycles. The van der Waals surface area contributed by atoms with Crippen molar-refractivity contribution in [2.45, 2.75) is 64.9 Å². The van der Waals surface area contributed by atoms with Crippen molar-refractivity contribution in [1.82, 2.24) is 0 Å². The summed E-state index contributed by atoms with van der Waals surface area (Å²) in [6, 6.07) is 0. The number of ether oxygens (including phenoxy) is 2. The lowest BCUT2D eigenvalue weighted by molar-refractivity contribution is 0.0465. The maximum Gasteiger partial charge on any atom is 0.104 e. The van der Waals surface area contributed by atoms with Gasteiger partial charge in [0.2, 0.25) is 0 Å². The first-order valence-corrected chi connectivity index (χ1v) is 9.02. The van der Waals surface area contributed by atoms with Gasteiger partial charge in [-0.25, -0.2) is 0 Å². The van der Waals surface area contributed by atoms with E-state index in [1.54, 1.807) is 0 Å². The summed E-state index contributed by atoms with van der Waals surface area (Å²) in [7, 11) is 0. The predicted molar refractivity (Wildman–Crippen MR) is 99.2 cm³/mol. The molecule has 2 nitrogen and oxygen atoms in total. The third-order valence-corrected chi connectivity index (χ3v) is 4.31. The van der Waals surface area contributed by atoms with E-state index in [4.69, 9.17) is 9.47 Å². The molecule has 0 bridgehead atoms. The molecule has 0 saturated carbocycles. The normalized spacial score (nSPS) is 21.2. The van der Waals surface area contributed by atoms with Gasteiger partial charge in [0, 0.05) is 19.3 Å². The second kappa shape index (κ2) is 7.29. The molecule has 0 amide bonds. The van der Waals surface area contributed by atoms with Gasteiger partial charge in [-0.3, -0.25) is 0 Å².